The summed E-state index contributed by atoms with van der Waals surface area (Å²) in [5.74, 6) is 1.91. The molecule has 0 unspecified atom stereocenters. The van der Waals surface area contributed by atoms with Crippen molar-refractivity contribution in [3.63, 3.8) is 0 Å². The molecule has 0 heterocycles. The van der Waals surface area contributed by atoms with E-state index in [9.17, 15) is 4.79 Å². The van der Waals surface area contributed by atoms with Gasteiger partial charge < -0.3 is 4.79 Å². The molecule has 0 atom stereocenters. The zero-order valence-electron chi connectivity index (χ0n) is 8.33. The van der Waals surface area contributed by atoms with Gasteiger partial charge in [0.1, 0.15) is 6.29 Å². The van der Waals surface area contributed by atoms with Gasteiger partial charge in [-0.2, -0.15) is 5.26 Å². The van der Waals surface area contributed by atoms with Gasteiger partial charge in [-0.3, -0.25) is 0 Å². The van der Waals surface area contributed by atoms with E-state index in [1.807, 2.05) is 0 Å². The number of hydrogen-bond acceptors (Lipinski definition) is 2. The summed E-state index contributed by atoms with van der Waals surface area (Å²) in [5, 5.41) is 8.43. The van der Waals surface area contributed by atoms with Crippen molar-refractivity contribution in [3.05, 3.63) is 0 Å². The number of hydrogen-bond donors (Lipinski definition) is 0. The number of aldehydes is 1. The molecule has 82 valence electrons. The summed E-state index contributed by atoms with van der Waals surface area (Å²) in [6.07, 6.45) is 8.40. The van der Waals surface area contributed by atoms with Crippen LogP contribution in [0.2, 0.25) is 0 Å². The molecule has 15 heavy (non-hydrogen) atoms. The van der Waals surface area contributed by atoms with Crippen LogP contribution in [-0.2, 0) is 4.79 Å². The number of nitriles is 1. The van der Waals surface area contributed by atoms with Crippen LogP contribution < -0.4 is 0 Å². The summed E-state index contributed by atoms with van der Waals surface area (Å²) in [6, 6.07) is 2.34. The summed E-state index contributed by atoms with van der Waals surface area (Å²) in [5.41, 5.74) is 0.440. The molecule has 6 saturated carbocycles. The monoisotopic (exact) mass is 205 g/mol. The fourth-order valence-electron chi connectivity index (χ4n) is 3.31. The molecule has 0 aromatic carbocycles. The van der Waals surface area contributed by atoms with E-state index < -0.39 is 0 Å². The minimum absolute atomic E-state index is 0. The first-order chi connectivity index (χ1) is 6.69. The van der Waals surface area contributed by atoms with Crippen molar-refractivity contribution < 1.29 is 4.79 Å². The van der Waals surface area contributed by atoms with Gasteiger partial charge in [0.25, 0.3) is 0 Å². The standard InChI is InChI=1S/C6H7N.C6H8O.CH4/c2*7-4-6-1-5(2-6)3-6;/h5H,1-3H2;4-5H,1-3H2;1H4. The summed E-state index contributed by atoms with van der Waals surface area (Å²) in [7, 11) is 0. The molecule has 0 radical (unpaired) electrons. The Morgan fingerprint density at radius 2 is 1.53 bits per heavy atom. The molecule has 0 aromatic heterocycles. The minimum Gasteiger partial charge on any atom is -0.303 e. The number of carbonyl (C=O) groups is 1. The highest BCUT2D eigenvalue weighted by Crippen LogP contribution is 2.64. The Kier molecular flexibility index (Phi) is 2.19. The van der Waals surface area contributed by atoms with E-state index in [4.69, 9.17) is 5.26 Å². The quantitative estimate of drug-likeness (QED) is 0.617. The molecule has 0 saturated heterocycles. The minimum atomic E-state index is 0. The molecular formula is C13H19NO. The molecule has 6 rings (SSSR count). The molecule has 0 aliphatic heterocycles. The highest BCUT2D eigenvalue weighted by molar-refractivity contribution is 5.64. The van der Waals surface area contributed by atoms with Gasteiger partial charge in [-0.05, 0) is 50.4 Å². The van der Waals surface area contributed by atoms with Crippen molar-refractivity contribution in [2.24, 2.45) is 22.7 Å². The largest absolute Gasteiger partial charge is 0.303 e. The lowest BCUT2D eigenvalue weighted by molar-refractivity contribution is -0.147. The van der Waals surface area contributed by atoms with E-state index in [1.54, 1.807) is 0 Å². The number of rotatable bonds is 1. The zero-order chi connectivity index (χ0) is 9.81. The van der Waals surface area contributed by atoms with Crippen molar-refractivity contribution in [1.82, 2.24) is 0 Å². The highest BCUT2D eigenvalue weighted by atomic mass is 16.1. The molecular weight excluding hydrogens is 186 g/mol. The Morgan fingerprint density at radius 3 is 1.53 bits per heavy atom. The smallest absolute Gasteiger partial charge is 0.126 e. The summed E-state index contributed by atoms with van der Waals surface area (Å²) >= 11 is 0. The molecule has 4 bridgehead atoms. The van der Waals surface area contributed by atoms with Gasteiger partial charge in [0.15, 0.2) is 0 Å². The van der Waals surface area contributed by atoms with Crippen LogP contribution in [0.4, 0.5) is 0 Å². The number of nitrogens with zero attached hydrogens (tertiary/aromatic N) is 1. The molecule has 2 heteroatoms. The first-order valence-electron chi connectivity index (χ1n) is 5.57. The Hall–Kier alpha value is -0.840. The van der Waals surface area contributed by atoms with Gasteiger partial charge in [-0.1, -0.05) is 7.43 Å². The lowest BCUT2D eigenvalue weighted by Crippen LogP contribution is -2.52. The second-order valence-electron chi connectivity index (χ2n) is 5.83. The molecule has 0 spiro atoms. The normalized spacial score (nSPS) is 50.6. The third-order valence-electron chi connectivity index (χ3n) is 4.61. The van der Waals surface area contributed by atoms with E-state index in [1.165, 1.54) is 38.5 Å². The van der Waals surface area contributed by atoms with Gasteiger partial charge in [-0.15, -0.1) is 0 Å². The topological polar surface area (TPSA) is 40.9 Å². The van der Waals surface area contributed by atoms with Crippen LogP contribution in [0.5, 0.6) is 0 Å². The molecule has 6 fully saturated rings. The molecule has 0 amide bonds. The first kappa shape index (κ1) is 10.7. The SMILES string of the molecule is C.N#CC12CC(C1)C2.O=CC12CC(C1)C2. The maximum atomic E-state index is 10.1. The van der Waals surface area contributed by atoms with E-state index in [0.717, 1.165) is 18.1 Å². The predicted octanol–water partition coefficient (Wildman–Crippen LogP) is 2.93. The molecule has 0 N–H and O–H groups in total. The summed E-state index contributed by atoms with van der Waals surface area (Å²) in [4.78, 5) is 10.1. The van der Waals surface area contributed by atoms with Gasteiger partial charge >= 0.3 is 0 Å². The summed E-state index contributed by atoms with van der Waals surface area (Å²) < 4.78 is 0. The fraction of sp³-hybridized carbons (Fsp3) is 0.846. The van der Waals surface area contributed by atoms with Crippen molar-refractivity contribution in [3.8, 4) is 6.07 Å². The fourth-order valence-corrected chi connectivity index (χ4v) is 3.31. The van der Waals surface area contributed by atoms with Crippen LogP contribution in [0, 0.1) is 34.0 Å². The van der Waals surface area contributed by atoms with E-state index in [-0.39, 0.29) is 18.3 Å². The highest BCUT2D eigenvalue weighted by Gasteiger charge is 2.57. The molecule has 6 aliphatic rings. The average molecular weight is 205 g/mol. The van der Waals surface area contributed by atoms with E-state index in [0.29, 0.717) is 0 Å². The van der Waals surface area contributed by atoms with Gasteiger partial charge in [0.2, 0.25) is 0 Å². The van der Waals surface area contributed by atoms with Crippen molar-refractivity contribution in [2.45, 2.75) is 46.0 Å². The lowest BCUT2D eigenvalue weighted by atomic mass is 9.45. The van der Waals surface area contributed by atoms with Gasteiger partial charge in [-0.25, -0.2) is 0 Å². The Bertz CT molecular complexity index is 294. The van der Waals surface area contributed by atoms with Crippen LogP contribution in [0.25, 0.3) is 0 Å². The number of carbonyl (C=O) groups excluding carboxylic acids is 1. The van der Waals surface area contributed by atoms with Crippen LogP contribution in [0.3, 0.4) is 0 Å². The molecule has 0 aromatic rings. The lowest BCUT2D eigenvalue weighted by Gasteiger charge is -2.58. The Balaban J connectivity index is 0.000000107. The second kappa shape index (κ2) is 3.07. The molecule has 6 aliphatic carbocycles. The van der Waals surface area contributed by atoms with Crippen molar-refractivity contribution in [2.75, 3.05) is 0 Å². The maximum Gasteiger partial charge on any atom is 0.126 e. The van der Waals surface area contributed by atoms with Gasteiger partial charge in [0.05, 0.1) is 11.5 Å². The van der Waals surface area contributed by atoms with Crippen LogP contribution >= 0.6 is 0 Å². The Morgan fingerprint density at radius 1 is 1.07 bits per heavy atom. The van der Waals surface area contributed by atoms with E-state index >= 15 is 0 Å². The average Bonchev–Trinajstić information content (AvgIpc) is 1.76. The maximum absolute atomic E-state index is 10.1. The van der Waals surface area contributed by atoms with Crippen LogP contribution in [-0.4, -0.2) is 6.29 Å². The predicted molar refractivity (Wildman–Crippen MR) is 58.0 cm³/mol. The second-order valence-corrected chi connectivity index (χ2v) is 5.83. The third kappa shape index (κ3) is 1.33. The van der Waals surface area contributed by atoms with Crippen molar-refractivity contribution >= 4 is 6.29 Å². The van der Waals surface area contributed by atoms with E-state index in [2.05, 4.69) is 6.07 Å². The molecule has 2 nitrogen and oxygen atoms in total. The van der Waals surface area contributed by atoms with Gasteiger partial charge in [0, 0.05) is 5.41 Å². The third-order valence-corrected chi connectivity index (χ3v) is 4.61. The Labute approximate surface area is 91.7 Å². The first-order valence-corrected chi connectivity index (χ1v) is 5.57. The zero-order valence-corrected chi connectivity index (χ0v) is 8.33. The summed E-state index contributed by atoms with van der Waals surface area (Å²) in [6.45, 7) is 0. The van der Waals surface area contributed by atoms with Crippen molar-refractivity contribution in [1.29, 1.82) is 5.26 Å². The van der Waals surface area contributed by atoms with Crippen LogP contribution in [0.15, 0.2) is 0 Å². The van der Waals surface area contributed by atoms with Crippen LogP contribution in [0.1, 0.15) is 46.0 Å².